The number of hydrogen-bond donors (Lipinski definition) is 3. The van der Waals surface area contributed by atoms with Gasteiger partial charge in [0.2, 0.25) is 0 Å². The van der Waals surface area contributed by atoms with Gasteiger partial charge in [-0.05, 0) is 17.5 Å². The first-order valence-corrected chi connectivity index (χ1v) is 8.45. The molecule has 2 aromatic carbocycles. The molecule has 0 saturated heterocycles. The molecule has 0 aliphatic heterocycles. The van der Waals surface area contributed by atoms with E-state index in [9.17, 15) is 15.3 Å². The minimum Gasteiger partial charge on any atom is -0.396 e. The molecule has 2 aromatic rings. The molecular weight excluding hydrogens is 320 g/mol. The van der Waals surface area contributed by atoms with E-state index in [0.717, 1.165) is 11.1 Å². The van der Waals surface area contributed by atoms with Gasteiger partial charge in [-0.25, -0.2) is 0 Å². The van der Waals surface area contributed by atoms with Gasteiger partial charge in [0.25, 0.3) is 0 Å². The molecule has 0 aromatic heterocycles. The van der Waals surface area contributed by atoms with E-state index in [2.05, 4.69) is 0 Å². The van der Waals surface area contributed by atoms with E-state index in [4.69, 9.17) is 9.47 Å². The maximum atomic E-state index is 10.2. The quantitative estimate of drug-likeness (QED) is 0.579. The minimum absolute atomic E-state index is 0.0944. The van der Waals surface area contributed by atoms with Crippen molar-refractivity contribution in [2.75, 3.05) is 13.2 Å². The van der Waals surface area contributed by atoms with E-state index in [1.54, 1.807) is 0 Å². The lowest BCUT2D eigenvalue weighted by Crippen LogP contribution is -2.43. The lowest BCUT2D eigenvalue weighted by Gasteiger charge is -2.30. The summed E-state index contributed by atoms with van der Waals surface area (Å²) in [5.41, 5.74) is 1.95. The molecule has 0 saturated carbocycles. The van der Waals surface area contributed by atoms with Crippen LogP contribution in [-0.2, 0) is 22.7 Å². The van der Waals surface area contributed by atoms with Gasteiger partial charge in [0.15, 0.2) is 0 Å². The third-order valence-corrected chi connectivity index (χ3v) is 3.94. The standard InChI is InChI=1S/C20H26O5/c21-12-11-19(24-14-16-7-3-1-4-8-16)20(18(23)13-22)25-15-17-9-5-2-6-10-17/h1-10,18-23H,11-15H2/t18-,19-,20-/m1/s1. The maximum absolute atomic E-state index is 10.2. The van der Waals surface area contributed by atoms with Crippen LogP contribution in [0.2, 0.25) is 0 Å². The Kier molecular flexibility index (Phi) is 8.59. The Hall–Kier alpha value is -1.76. The lowest BCUT2D eigenvalue weighted by molar-refractivity contribution is -0.145. The SMILES string of the molecule is OCC[C@@H](OCc1ccccc1)[C@H](OCc1ccccc1)[C@H](O)CO. The van der Waals surface area contributed by atoms with Crippen molar-refractivity contribution in [1.82, 2.24) is 0 Å². The van der Waals surface area contributed by atoms with Gasteiger partial charge in [0, 0.05) is 6.61 Å². The zero-order chi connectivity index (χ0) is 17.9. The summed E-state index contributed by atoms with van der Waals surface area (Å²) < 4.78 is 11.7. The van der Waals surface area contributed by atoms with Crippen molar-refractivity contribution in [1.29, 1.82) is 0 Å². The Morgan fingerprint density at radius 1 is 0.760 bits per heavy atom. The zero-order valence-corrected chi connectivity index (χ0v) is 14.2. The summed E-state index contributed by atoms with van der Waals surface area (Å²) in [5.74, 6) is 0. The van der Waals surface area contributed by atoms with Crippen LogP contribution in [0.4, 0.5) is 0 Å². The summed E-state index contributed by atoms with van der Waals surface area (Å²) in [6, 6.07) is 19.2. The van der Waals surface area contributed by atoms with Crippen molar-refractivity contribution >= 4 is 0 Å². The fourth-order valence-corrected chi connectivity index (χ4v) is 2.58. The molecule has 3 atom stereocenters. The fraction of sp³-hybridized carbons (Fsp3) is 0.400. The highest BCUT2D eigenvalue weighted by molar-refractivity contribution is 5.14. The van der Waals surface area contributed by atoms with Crippen LogP contribution < -0.4 is 0 Å². The summed E-state index contributed by atoms with van der Waals surface area (Å²) in [7, 11) is 0. The van der Waals surface area contributed by atoms with Crippen LogP contribution in [0.1, 0.15) is 17.5 Å². The number of ether oxygens (including phenoxy) is 2. The zero-order valence-electron chi connectivity index (χ0n) is 14.2. The van der Waals surface area contributed by atoms with Crippen LogP contribution in [0.3, 0.4) is 0 Å². The highest BCUT2D eigenvalue weighted by Gasteiger charge is 2.29. The van der Waals surface area contributed by atoms with Crippen LogP contribution in [0.15, 0.2) is 60.7 Å². The van der Waals surface area contributed by atoms with Crippen LogP contribution in [0.25, 0.3) is 0 Å². The van der Waals surface area contributed by atoms with Gasteiger partial charge in [-0.1, -0.05) is 60.7 Å². The lowest BCUT2D eigenvalue weighted by atomic mass is 10.0. The summed E-state index contributed by atoms with van der Waals surface area (Å²) in [6.45, 7) is 0.104. The Morgan fingerprint density at radius 3 is 1.76 bits per heavy atom. The average molecular weight is 346 g/mol. The molecule has 5 nitrogen and oxygen atoms in total. The van der Waals surface area contributed by atoms with Crippen molar-refractivity contribution in [3.63, 3.8) is 0 Å². The monoisotopic (exact) mass is 346 g/mol. The first kappa shape index (κ1) is 19.6. The topological polar surface area (TPSA) is 79.2 Å². The van der Waals surface area contributed by atoms with Gasteiger partial charge in [-0.15, -0.1) is 0 Å². The van der Waals surface area contributed by atoms with Gasteiger partial charge < -0.3 is 24.8 Å². The first-order chi connectivity index (χ1) is 12.2. The minimum atomic E-state index is -1.09. The van der Waals surface area contributed by atoms with Crippen molar-refractivity contribution in [2.45, 2.75) is 37.9 Å². The van der Waals surface area contributed by atoms with E-state index in [1.807, 2.05) is 60.7 Å². The Bertz CT molecular complexity index is 575. The molecule has 0 fully saturated rings. The molecule has 0 aliphatic carbocycles. The van der Waals surface area contributed by atoms with Crippen molar-refractivity contribution in [3.05, 3.63) is 71.8 Å². The number of hydrogen-bond acceptors (Lipinski definition) is 5. The predicted molar refractivity (Wildman–Crippen MR) is 94.8 cm³/mol. The van der Waals surface area contributed by atoms with Crippen LogP contribution in [0.5, 0.6) is 0 Å². The highest BCUT2D eigenvalue weighted by Crippen LogP contribution is 2.17. The second-order valence-corrected chi connectivity index (χ2v) is 5.86. The third-order valence-electron chi connectivity index (χ3n) is 3.94. The molecule has 136 valence electrons. The normalized spacial score (nSPS) is 14.8. The largest absolute Gasteiger partial charge is 0.396 e. The summed E-state index contributed by atoms with van der Waals surface area (Å²) >= 11 is 0. The molecule has 0 aliphatic rings. The maximum Gasteiger partial charge on any atom is 0.112 e. The van der Waals surface area contributed by atoms with Gasteiger partial charge in [-0.2, -0.15) is 0 Å². The molecule has 0 bridgehead atoms. The highest BCUT2D eigenvalue weighted by atomic mass is 16.5. The van der Waals surface area contributed by atoms with Crippen LogP contribution in [-0.4, -0.2) is 46.8 Å². The van der Waals surface area contributed by atoms with Crippen molar-refractivity contribution in [2.24, 2.45) is 0 Å². The van der Waals surface area contributed by atoms with Crippen molar-refractivity contribution < 1.29 is 24.8 Å². The number of aliphatic hydroxyl groups excluding tert-OH is 3. The van der Waals surface area contributed by atoms with E-state index < -0.39 is 24.9 Å². The van der Waals surface area contributed by atoms with E-state index in [0.29, 0.717) is 19.6 Å². The third kappa shape index (κ3) is 6.57. The smallest absolute Gasteiger partial charge is 0.112 e. The molecule has 25 heavy (non-hydrogen) atoms. The van der Waals surface area contributed by atoms with E-state index >= 15 is 0 Å². The Labute approximate surface area is 148 Å². The molecule has 0 spiro atoms. The van der Waals surface area contributed by atoms with Crippen molar-refractivity contribution in [3.8, 4) is 0 Å². The number of aliphatic hydroxyl groups is 3. The summed E-state index contributed by atoms with van der Waals surface area (Å²) in [4.78, 5) is 0. The molecule has 3 N–H and O–H groups in total. The number of benzene rings is 2. The molecule has 2 rings (SSSR count). The van der Waals surface area contributed by atoms with Gasteiger partial charge in [-0.3, -0.25) is 0 Å². The fourth-order valence-electron chi connectivity index (χ4n) is 2.58. The molecular formula is C20H26O5. The summed E-state index contributed by atoms with van der Waals surface area (Å²) in [6.07, 6.45) is -2.04. The molecule has 5 heteroatoms. The summed E-state index contributed by atoms with van der Waals surface area (Å²) in [5, 5.41) is 28.9. The van der Waals surface area contributed by atoms with Crippen LogP contribution in [0, 0.1) is 0 Å². The predicted octanol–water partition coefficient (Wildman–Crippen LogP) is 1.89. The van der Waals surface area contributed by atoms with Gasteiger partial charge in [0.05, 0.1) is 25.9 Å². The Balaban J connectivity index is 2.02. The van der Waals surface area contributed by atoms with E-state index in [1.165, 1.54) is 0 Å². The van der Waals surface area contributed by atoms with Crippen LogP contribution >= 0.6 is 0 Å². The first-order valence-electron chi connectivity index (χ1n) is 8.45. The molecule has 0 radical (unpaired) electrons. The average Bonchev–Trinajstić information content (AvgIpc) is 2.67. The molecule has 0 heterocycles. The van der Waals surface area contributed by atoms with Gasteiger partial charge in [0.1, 0.15) is 12.2 Å². The molecule has 0 unspecified atom stereocenters. The second kappa shape index (κ2) is 11.0. The van der Waals surface area contributed by atoms with Gasteiger partial charge >= 0.3 is 0 Å². The van der Waals surface area contributed by atoms with E-state index in [-0.39, 0.29) is 6.61 Å². The number of rotatable bonds is 11. The molecule has 0 amide bonds. The Morgan fingerprint density at radius 2 is 1.28 bits per heavy atom. The second-order valence-electron chi connectivity index (χ2n) is 5.86.